The van der Waals surface area contributed by atoms with Crippen molar-refractivity contribution in [2.24, 2.45) is 0 Å². The van der Waals surface area contributed by atoms with E-state index in [0.717, 1.165) is 12.2 Å². The van der Waals surface area contributed by atoms with Crippen molar-refractivity contribution in [3.63, 3.8) is 0 Å². The molecule has 0 spiro atoms. The fourth-order valence-electron chi connectivity index (χ4n) is 1.97. The third-order valence-corrected chi connectivity index (χ3v) is 3.05. The van der Waals surface area contributed by atoms with Crippen LogP contribution in [0.25, 0.3) is 0 Å². The molecule has 1 aliphatic heterocycles. The highest BCUT2D eigenvalue weighted by molar-refractivity contribution is 6.16. The third kappa shape index (κ3) is 2.00. The van der Waals surface area contributed by atoms with E-state index in [-0.39, 0.29) is 11.8 Å². The molecule has 5 heteroatoms. The molecule has 2 heterocycles. The predicted octanol–water partition coefficient (Wildman–Crippen LogP) is 2.53. The van der Waals surface area contributed by atoms with Gasteiger partial charge in [-0.05, 0) is 18.1 Å². The van der Waals surface area contributed by atoms with Gasteiger partial charge >= 0.3 is 0 Å². The molecular weight excluding hydrogens is 240 g/mol. The normalized spacial score (nSPS) is 18.5. The maximum Gasteiger partial charge on any atom is 0.231 e. The molecule has 1 aromatic heterocycles. The van der Waals surface area contributed by atoms with Gasteiger partial charge in [0.15, 0.2) is 0 Å². The average Bonchev–Trinajstić information content (AvgIpc) is 2.87. The highest BCUT2D eigenvalue weighted by Gasteiger charge is 2.25. The second-order valence-corrected chi connectivity index (χ2v) is 4.25. The van der Waals surface area contributed by atoms with E-state index in [0.29, 0.717) is 18.4 Å². The highest BCUT2D eigenvalue weighted by atomic mass is 35.5. The van der Waals surface area contributed by atoms with Gasteiger partial charge in [-0.1, -0.05) is 18.2 Å². The smallest absolute Gasteiger partial charge is 0.231 e. The van der Waals surface area contributed by atoms with Crippen LogP contribution in [0.3, 0.4) is 0 Å². The van der Waals surface area contributed by atoms with Crippen molar-refractivity contribution in [2.45, 2.75) is 18.2 Å². The summed E-state index contributed by atoms with van der Waals surface area (Å²) in [4.78, 5) is 0. The Kier molecular flexibility index (Phi) is 2.73. The number of aromatic nitrogens is 2. The molecule has 0 amide bonds. The largest absolute Gasteiger partial charge is 0.492 e. The lowest BCUT2D eigenvalue weighted by Gasteiger charge is -2.22. The topological polar surface area (TPSA) is 48.2 Å². The molecule has 1 atom stereocenters. The predicted molar refractivity (Wildman–Crippen MR) is 62.2 cm³/mol. The molecule has 2 aromatic rings. The van der Waals surface area contributed by atoms with Gasteiger partial charge in [0, 0.05) is 0 Å². The van der Waals surface area contributed by atoms with Crippen molar-refractivity contribution < 1.29 is 9.15 Å². The molecular formula is C12H11ClN2O2. The van der Waals surface area contributed by atoms with Crippen molar-refractivity contribution in [1.29, 1.82) is 0 Å². The Labute approximate surface area is 104 Å². The minimum absolute atomic E-state index is 0.120. The number of hydrogen-bond acceptors (Lipinski definition) is 4. The number of fused-ring (bicyclic) bond motifs is 1. The first-order valence-corrected chi connectivity index (χ1v) is 5.99. The number of nitrogens with zero attached hydrogens (tertiary/aromatic N) is 2. The summed E-state index contributed by atoms with van der Waals surface area (Å²) in [5.74, 6) is 2.38. The van der Waals surface area contributed by atoms with Crippen LogP contribution in [0.2, 0.25) is 0 Å². The summed E-state index contributed by atoms with van der Waals surface area (Å²) in [6.07, 6.45) is 0.861. The second kappa shape index (κ2) is 4.37. The van der Waals surface area contributed by atoms with Crippen molar-refractivity contribution >= 4 is 11.6 Å². The quantitative estimate of drug-likeness (QED) is 0.769. The minimum atomic E-state index is 0.120. The van der Waals surface area contributed by atoms with Gasteiger partial charge in [0.05, 0.1) is 5.92 Å². The van der Waals surface area contributed by atoms with E-state index in [9.17, 15) is 0 Å². The summed E-state index contributed by atoms with van der Waals surface area (Å²) in [7, 11) is 0. The first-order valence-electron chi connectivity index (χ1n) is 5.46. The summed E-state index contributed by atoms with van der Waals surface area (Å²) in [6, 6.07) is 8.00. The van der Waals surface area contributed by atoms with Crippen LogP contribution in [0.1, 0.15) is 23.3 Å². The van der Waals surface area contributed by atoms with Gasteiger partial charge in [0.25, 0.3) is 0 Å². The molecule has 4 nitrogen and oxygen atoms in total. The Bertz CT molecular complexity index is 527. The van der Waals surface area contributed by atoms with Crippen LogP contribution in [-0.4, -0.2) is 16.8 Å². The molecule has 0 fully saturated rings. The number of hydrogen-bond donors (Lipinski definition) is 0. The van der Waals surface area contributed by atoms with Crippen LogP contribution in [0.4, 0.5) is 0 Å². The van der Waals surface area contributed by atoms with E-state index in [2.05, 4.69) is 16.3 Å². The summed E-state index contributed by atoms with van der Waals surface area (Å²) in [5.41, 5.74) is 1.18. The molecule has 3 rings (SSSR count). The molecule has 0 saturated carbocycles. The van der Waals surface area contributed by atoms with Crippen LogP contribution in [0.5, 0.6) is 5.75 Å². The van der Waals surface area contributed by atoms with E-state index >= 15 is 0 Å². The van der Waals surface area contributed by atoms with E-state index in [4.69, 9.17) is 20.8 Å². The molecule has 88 valence electrons. The molecule has 0 saturated heterocycles. The Balaban J connectivity index is 1.84. The zero-order chi connectivity index (χ0) is 11.7. The monoisotopic (exact) mass is 250 g/mol. The van der Waals surface area contributed by atoms with E-state index in [1.54, 1.807) is 0 Å². The molecule has 0 N–H and O–H groups in total. The maximum absolute atomic E-state index is 5.67. The highest BCUT2D eigenvalue weighted by Crippen LogP contribution is 2.31. The molecule has 0 aliphatic carbocycles. The number of benzene rings is 1. The van der Waals surface area contributed by atoms with Gasteiger partial charge in [0.2, 0.25) is 11.8 Å². The molecule has 17 heavy (non-hydrogen) atoms. The first-order chi connectivity index (χ1) is 8.36. The molecule has 0 bridgehead atoms. The number of alkyl halides is 1. The number of ether oxygens (including phenoxy) is 1. The fraction of sp³-hybridized carbons (Fsp3) is 0.333. The average molecular weight is 251 g/mol. The summed E-state index contributed by atoms with van der Waals surface area (Å²) < 4.78 is 11.1. The maximum atomic E-state index is 5.67. The summed E-state index contributed by atoms with van der Waals surface area (Å²) >= 11 is 5.63. The molecule has 1 unspecified atom stereocenters. The van der Waals surface area contributed by atoms with Crippen LogP contribution < -0.4 is 4.74 Å². The first kappa shape index (κ1) is 10.6. The Morgan fingerprint density at radius 3 is 3.00 bits per heavy atom. The van der Waals surface area contributed by atoms with Gasteiger partial charge in [-0.2, -0.15) is 0 Å². The van der Waals surface area contributed by atoms with E-state index < -0.39 is 0 Å². The van der Waals surface area contributed by atoms with E-state index in [1.807, 2.05) is 18.2 Å². The Morgan fingerprint density at radius 1 is 1.29 bits per heavy atom. The van der Waals surface area contributed by atoms with Crippen molar-refractivity contribution in [3.8, 4) is 5.75 Å². The van der Waals surface area contributed by atoms with Gasteiger partial charge in [-0.25, -0.2) is 0 Å². The third-order valence-electron chi connectivity index (χ3n) is 2.82. The minimum Gasteiger partial charge on any atom is -0.492 e. The lowest BCUT2D eigenvalue weighted by Crippen LogP contribution is -2.19. The summed E-state index contributed by atoms with van der Waals surface area (Å²) in [6.45, 7) is 0.570. The van der Waals surface area contributed by atoms with Crippen LogP contribution in [0, 0.1) is 0 Å². The standard InChI is InChI=1S/C12H11ClN2O2/c13-6-11-14-15-12(17-11)9-5-8-3-1-2-4-10(8)16-7-9/h1-4,9H,5-7H2. The zero-order valence-electron chi connectivity index (χ0n) is 9.10. The van der Waals surface area contributed by atoms with Gasteiger partial charge in [0.1, 0.15) is 18.2 Å². The molecule has 1 aliphatic rings. The molecule has 0 radical (unpaired) electrons. The van der Waals surface area contributed by atoms with Gasteiger partial charge < -0.3 is 9.15 Å². The lowest BCUT2D eigenvalue weighted by molar-refractivity contribution is 0.240. The zero-order valence-corrected chi connectivity index (χ0v) is 9.85. The van der Waals surface area contributed by atoms with Crippen LogP contribution >= 0.6 is 11.6 Å². The second-order valence-electron chi connectivity index (χ2n) is 3.99. The number of rotatable bonds is 2. The SMILES string of the molecule is ClCc1nnc(C2COc3ccccc3C2)o1. The van der Waals surface area contributed by atoms with Crippen LogP contribution in [0.15, 0.2) is 28.7 Å². The number of para-hydroxylation sites is 1. The molecule has 1 aromatic carbocycles. The fourth-order valence-corrected chi connectivity index (χ4v) is 2.08. The Morgan fingerprint density at radius 2 is 2.18 bits per heavy atom. The van der Waals surface area contributed by atoms with Crippen molar-refractivity contribution in [1.82, 2.24) is 10.2 Å². The van der Waals surface area contributed by atoms with Crippen LogP contribution in [-0.2, 0) is 12.3 Å². The van der Waals surface area contributed by atoms with E-state index in [1.165, 1.54) is 5.56 Å². The van der Waals surface area contributed by atoms with Crippen molar-refractivity contribution in [2.75, 3.05) is 6.61 Å². The van der Waals surface area contributed by atoms with Gasteiger partial charge in [-0.15, -0.1) is 21.8 Å². The lowest BCUT2D eigenvalue weighted by atomic mass is 9.97. The van der Waals surface area contributed by atoms with Gasteiger partial charge in [-0.3, -0.25) is 0 Å². The Hall–Kier alpha value is -1.55. The van der Waals surface area contributed by atoms with Crippen molar-refractivity contribution in [3.05, 3.63) is 41.6 Å². The summed E-state index contributed by atoms with van der Waals surface area (Å²) in [5, 5.41) is 7.86. The number of halogens is 1.